The van der Waals surface area contributed by atoms with Crippen LogP contribution >= 0.6 is 12.2 Å². The maximum absolute atomic E-state index is 4.88. The number of hydrogen-bond donors (Lipinski definition) is 0. The van der Waals surface area contributed by atoms with E-state index in [1.54, 1.807) is 24.3 Å². The van der Waals surface area contributed by atoms with E-state index in [0.717, 1.165) is 5.75 Å². The van der Waals surface area contributed by atoms with Gasteiger partial charge in [-0.25, -0.2) is 0 Å². The summed E-state index contributed by atoms with van der Waals surface area (Å²) in [7, 11) is 0. The molecule has 0 unspecified atom stereocenters. The Morgan fingerprint density at radius 2 is 2.11 bits per heavy atom. The molecule has 0 N–H and O–H groups in total. The summed E-state index contributed by atoms with van der Waals surface area (Å²) in [6.07, 6.45) is 0. The van der Waals surface area contributed by atoms with Crippen molar-refractivity contribution in [1.29, 1.82) is 0 Å². The van der Waals surface area contributed by atoms with E-state index in [2.05, 4.69) is 18.3 Å². The SMILES string of the molecule is S=COc1cc[c]cc1. The fourth-order valence-electron chi connectivity index (χ4n) is 0.506. The smallest absolute Gasteiger partial charge is 0.154 e. The lowest BCUT2D eigenvalue weighted by atomic mass is 10.3. The number of thiocarbonyl (C=S) groups is 1. The number of hydrogen-bond acceptors (Lipinski definition) is 2. The molecule has 0 saturated heterocycles. The fraction of sp³-hybridized carbons (Fsp3) is 0. The minimum absolute atomic E-state index is 0.753. The predicted octanol–water partition coefficient (Wildman–Crippen LogP) is 1.82. The average Bonchev–Trinajstić information content (AvgIpc) is 1.91. The van der Waals surface area contributed by atoms with Crippen LogP contribution in [0.1, 0.15) is 0 Å². The van der Waals surface area contributed by atoms with Gasteiger partial charge in [0.05, 0.1) is 0 Å². The molecular weight excluding hydrogens is 132 g/mol. The molecule has 0 aliphatic rings. The van der Waals surface area contributed by atoms with E-state index in [9.17, 15) is 0 Å². The van der Waals surface area contributed by atoms with Crippen molar-refractivity contribution in [3.8, 4) is 5.75 Å². The molecule has 0 bridgehead atoms. The first kappa shape index (κ1) is 6.23. The van der Waals surface area contributed by atoms with Gasteiger partial charge in [-0.3, -0.25) is 0 Å². The zero-order valence-corrected chi connectivity index (χ0v) is 5.52. The lowest BCUT2D eigenvalue weighted by Gasteiger charge is -1.93. The zero-order valence-electron chi connectivity index (χ0n) is 4.70. The first-order valence-electron chi connectivity index (χ1n) is 2.50. The van der Waals surface area contributed by atoms with Crippen LogP contribution < -0.4 is 4.74 Å². The molecule has 1 aromatic carbocycles. The molecule has 1 radical (unpaired) electrons. The van der Waals surface area contributed by atoms with Crippen molar-refractivity contribution in [3.63, 3.8) is 0 Å². The van der Waals surface area contributed by atoms with Crippen molar-refractivity contribution >= 4 is 17.8 Å². The van der Waals surface area contributed by atoms with Crippen molar-refractivity contribution in [2.45, 2.75) is 0 Å². The van der Waals surface area contributed by atoms with Crippen LogP contribution in [0.3, 0.4) is 0 Å². The van der Waals surface area contributed by atoms with Gasteiger partial charge in [0.15, 0.2) is 5.55 Å². The maximum atomic E-state index is 4.88. The molecule has 0 heterocycles. The summed E-state index contributed by atoms with van der Waals surface area (Å²) in [6, 6.07) is 10.00. The predicted molar refractivity (Wildman–Crippen MR) is 39.6 cm³/mol. The van der Waals surface area contributed by atoms with E-state index in [1.165, 1.54) is 5.55 Å². The van der Waals surface area contributed by atoms with Crippen LogP contribution in [0, 0.1) is 6.07 Å². The highest BCUT2D eigenvalue weighted by atomic mass is 32.1. The summed E-state index contributed by atoms with van der Waals surface area (Å²) in [6.45, 7) is 0. The monoisotopic (exact) mass is 137 g/mol. The summed E-state index contributed by atoms with van der Waals surface area (Å²) in [5.41, 5.74) is 1.23. The summed E-state index contributed by atoms with van der Waals surface area (Å²) in [4.78, 5) is 0. The highest BCUT2D eigenvalue weighted by molar-refractivity contribution is 7.78. The molecule has 0 amide bonds. The highest BCUT2D eigenvalue weighted by Crippen LogP contribution is 2.05. The zero-order chi connectivity index (χ0) is 6.53. The Hall–Kier alpha value is -0.890. The van der Waals surface area contributed by atoms with Crippen molar-refractivity contribution < 1.29 is 4.74 Å². The Kier molecular flexibility index (Phi) is 2.22. The van der Waals surface area contributed by atoms with Crippen LogP contribution in [0.25, 0.3) is 0 Å². The lowest BCUT2D eigenvalue weighted by molar-refractivity contribution is 0.586. The molecular formula is C7H5OS. The Bertz CT molecular complexity index is 183. The van der Waals surface area contributed by atoms with Gasteiger partial charge in [-0.1, -0.05) is 12.1 Å². The minimum Gasteiger partial charge on any atom is -0.454 e. The second kappa shape index (κ2) is 3.20. The third kappa shape index (κ3) is 1.82. The Balaban J connectivity index is 2.72. The van der Waals surface area contributed by atoms with Crippen LogP contribution in [0.4, 0.5) is 0 Å². The highest BCUT2D eigenvalue weighted by Gasteiger charge is 1.83. The van der Waals surface area contributed by atoms with E-state index >= 15 is 0 Å². The Labute approximate surface area is 59.3 Å². The van der Waals surface area contributed by atoms with Gasteiger partial charge in [-0.05, 0) is 30.4 Å². The Morgan fingerprint density at radius 1 is 1.44 bits per heavy atom. The number of benzene rings is 1. The van der Waals surface area contributed by atoms with Crippen LogP contribution in [-0.4, -0.2) is 5.55 Å². The van der Waals surface area contributed by atoms with Gasteiger partial charge in [-0.2, -0.15) is 0 Å². The van der Waals surface area contributed by atoms with Gasteiger partial charge in [0.1, 0.15) is 5.75 Å². The molecule has 0 spiro atoms. The molecule has 9 heavy (non-hydrogen) atoms. The number of ether oxygens (including phenoxy) is 1. The molecule has 0 atom stereocenters. The first-order chi connectivity index (χ1) is 4.43. The summed E-state index contributed by atoms with van der Waals surface area (Å²) in [5, 5.41) is 0. The van der Waals surface area contributed by atoms with Gasteiger partial charge in [0.25, 0.3) is 0 Å². The topological polar surface area (TPSA) is 9.23 Å². The van der Waals surface area contributed by atoms with Crippen molar-refractivity contribution in [2.75, 3.05) is 0 Å². The molecule has 2 heteroatoms. The van der Waals surface area contributed by atoms with Crippen LogP contribution in [0.5, 0.6) is 5.75 Å². The second-order valence-electron chi connectivity index (χ2n) is 1.45. The Morgan fingerprint density at radius 3 is 2.67 bits per heavy atom. The van der Waals surface area contributed by atoms with Gasteiger partial charge in [0.2, 0.25) is 0 Å². The van der Waals surface area contributed by atoms with Crippen LogP contribution in [-0.2, 0) is 0 Å². The largest absolute Gasteiger partial charge is 0.454 e. The normalized spacial score (nSPS) is 8.44. The summed E-state index contributed by atoms with van der Waals surface area (Å²) < 4.78 is 4.88. The summed E-state index contributed by atoms with van der Waals surface area (Å²) in [5.74, 6) is 0.753. The standard InChI is InChI=1S/C7H5OS/c9-6-8-7-4-2-1-3-5-7/h2-6H. The second-order valence-corrected chi connectivity index (χ2v) is 1.64. The van der Waals surface area contributed by atoms with Gasteiger partial charge < -0.3 is 4.74 Å². The third-order valence-corrected chi connectivity index (χ3v) is 0.968. The van der Waals surface area contributed by atoms with Crippen LogP contribution in [0.15, 0.2) is 24.3 Å². The molecule has 0 aromatic heterocycles. The van der Waals surface area contributed by atoms with Gasteiger partial charge in [0, 0.05) is 0 Å². The molecule has 0 aliphatic carbocycles. The molecule has 1 aromatic rings. The van der Waals surface area contributed by atoms with E-state index in [-0.39, 0.29) is 0 Å². The molecule has 45 valence electrons. The number of rotatable bonds is 2. The minimum atomic E-state index is 0.753. The maximum Gasteiger partial charge on any atom is 0.154 e. The van der Waals surface area contributed by atoms with Crippen LogP contribution in [0.2, 0.25) is 0 Å². The molecule has 1 rings (SSSR count). The fourth-order valence-corrected chi connectivity index (χ4v) is 0.617. The summed E-state index contributed by atoms with van der Waals surface area (Å²) >= 11 is 4.48. The van der Waals surface area contributed by atoms with E-state index < -0.39 is 0 Å². The van der Waals surface area contributed by atoms with Crippen molar-refractivity contribution in [2.24, 2.45) is 0 Å². The van der Waals surface area contributed by atoms with Gasteiger partial charge in [-0.15, -0.1) is 0 Å². The van der Waals surface area contributed by atoms with E-state index in [0.29, 0.717) is 0 Å². The van der Waals surface area contributed by atoms with Crippen molar-refractivity contribution in [3.05, 3.63) is 30.3 Å². The quantitative estimate of drug-likeness (QED) is 0.575. The van der Waals surface area contributed by atoms with Crippen molar-refractivity contribution in [1.82, 2.24) is 0 Å². The molecule has 1 nitrogen and oxygen atoms in total. The molecule has 0 fully saturated rings. The molecule has 0 aliphatic heterocycles. The van der Waals surface area contributed by atoms with E-state index in [4.69, 9.17) is 4.74 Å². The first-order valence-corrected chi connectivity index (χ1v) is 2.97. The van der Waals surface area contributed by atoms with Gasteiger partial charge >= 0.3 is 0 Å². The van der Waals surface area contributed by atoms with E-state index in [1.807, 2.05) is 0 Å². The third-order valence-electron chi connectivity index (χ3n) is 0.872. The average molecular weight is 137 g/mol. The lowest BCUT2D eigenvalue weighted by Crippen LogP contribution is -1.83. The molecule has 0 saturated carbocycles.